The molecule has 0 spiro atoms. The van der Waals surface area contributed by atoms with Crippen LogP contribution in [-0.4, -0.2) is 145 Å². The Morgan fingerprint density at radius 1 is 0.414 bits per heavy atom. The van der Waals surface area contributed by atoms with Gasteiger partial charge < -0.3 is 66.8 Å². The van der Waals surface area contributed by atoms with E-state index in [-0.39, 0.29) is 71.5 Å². The number of rotatable bonds is 20. The van der Waals surface area contributed by atoms with Crippen molar-refractivity contribution in [3.8, 4) is 45.8 Å². The molecule has 4 aromatic heterocycles. The van der Waals surface area contributed by atoms with Gasteiger partial charge in [-0.25, -0.2) is 24.2 Å². The zero-order chi connectivity index (χ0) is 94.4. The number of cyclic esters (lactones) is 1. The van der Waals surface area contributed by atoms with E-state index in [0.29, 0.717) is 70.9 Å². The monoisotopic (exact) mass is 1820 g/mol. The number of hydrogen-bond donors (Lipinski definition) is 6. The number of nitrogens with two attached hydrogens (primary N) is 1. The fourth-order valence-corrected chi connectivity index (χ4v) is 16.9. The second-order valence-electron chi connectivity index (χ2n) is 36.0. The molecule has 3 radical (unpaired) electrons. The van der Waals surface area contributed by atoms with Crippen LogP contribution in [0.15, 0.2) is 260 Å². The molecule has 133 heavy (non-hydrogen) atoms. The summed E-state index contributed by atoms with van der Waals surface area (Å²) in [5.74, 6) is 4.51. The van der Waals surface area contributed by atoms with Gasteiger partial charge in [-0.15, -0.1) is 40.8 Å². The van der Waals surface area contributed by atoms with Crippen molar-refractivity contribution in [3.05, 3.63) is 288 Å². The molecule has 4 saturated carbocycles. The Kier molecular flexibility index (Phi) is 38.9. The number of carbonyl (C=O) groups is 5. The van der Waals surface area contributed by atoms with E-state index in [2.05, 4.69) is 110 Å². The van der Waals surface area contributed by atoms with Gasteiger partial charge in [0.2, 0.25) is 53.1 Å². The molecule has 695 valence electrons. The van der Waals surface area contributed by atoms with E-state index in [1.54, 1.807) is 24.3 Å². The summed E-state index contributed by atoms with van der Waals surface area (Å²) in [5.41, 5.74) is 10.1. The van der Waals surface area contributed by atoms with E-state index < -0.39 is 40.3 Å². The van der Waals surface area contributed by atoms with E-state index in [0.717, 1.165) is 173 Å². The predicted octanol–water partition coefficient (Wildman–Crippen LogP) is 16.5. The molecule has 5 fully saturated rings. The molecule has 1 aliphatic heterocycles. The van der Waals surface area contributed by atoms with Crippen molar-refractivity contribution in [1.82, 2.24) is 56.3 Å². The number of carbonyl (C=O) groups excluding carboxylic acids is 5. The molecule has 0 bridgehead atoms. The molecule has 12 aromatic rings. The maximum Gasteiger partial charge on any atom is 1.00 e. The number of amides is 1. The van der Waals surface area contributed by atoms with Crippen LogP contribution in [-0.2, 0) is 33.5 Å². The quantitative estimate of drug-likeness (QED) is 0.0179. The van der Waals surface area contributed by atoms with Gasteiger partial charge >= 0.3 is 47.6 Å². The van der Waals surface area contributed by atoms with Crippen LogP contribution in [0.2, 0.25) is 0 Å². The number of nitrogens with zero attached hydrogens (tertiary/aromatic N) is 9. The number of benzene rings is 8. The van der Waals surface area contributed by atoms with Crippen molar-refractivity contribution in [2.45, 2.75) is 267 Å². The van der Waals surface area contributed by atoms with Gasteiger partial charge in [-0.1, -0.05) is 194 Å². The molecule has 4 aliphatic carbocycles. The average molecular weight is 1820 g/mol. The van der Waals surface area contributed by atoms with Crippen molar-refractivity contribution in [2.75, 3.05) is 0 Å². The SMILES string of the molecule is CC(=O)OOC(C)=O.CC(C)(O)C(=O)c1ccccc1.CC(C)(O)C(NC1CCC(c2nnc(-c3ccccc3)o2)CC1)c1ccccc1.CC(C)(O)C(NC1CCC(c2nnc(-c3ccccc3)o2)CC1)c1ccccc1.CC1(C)OC(=O)N(C2CCC(c3nnc(-c4ccccc4)o3)CC2)C1c1ccccc1.NC1CCC(c2nnc(-c3ccccc3)o2)CC1.[B-]OC(C)=O.[Na+]. The molecule has 3 unspecified atom stereocenters. The van der Waals surface area contributed by atoms with E-state index in [4.69, 9.17) is 28.1 Å². The van der Waals surface area contributed by atoms with Crippen LogP contribution in [0.3, 0.4) is 0 Å². The van der Waals surface area contributed by atoms with E-state index in [9.17, 15) is 39.3 Å². The third-order valence-electron chi connectivity index (χ3n) is 23.7. The Labute approximate surface area is 801 Å². The molecule has 28 nitrogen and oxygen atoms in total. The minimum absolute atomic E-state index is 0. The normalized spacial score (nSPS) is 20.1. The third kappa shape index (κ3) is 31.3. The van der Waals surface area contributed by atoms with Gasteiger partial charge in [-0.2, -0.15) is 0 Å². The van der Waals surface area contributed by atoms with Crippen LogP contribution >= 0.6 is 0 Å². The van der Waals surface area contributed by atoms with Gasteiger partial charge in [-0.05, 0) is 223 Å². The first-order valence-electron chi connectivity index (χ1n) is 45.3. The molecule has 7 N–H and O–H groups in total. The van der Waals surface area contributed by atoms with Crippen molar-refractivity contribution in [1.29, 1.82) is 0 Å². The Balaban J connectivity index is 0.000000170. The molecule has 8 aromatic carbocycles. The van der Waals surface area contributed by atoms with E-state index >= 15 is 0 Å². The number of Topliss-reactive ketones (excluding diaryl/α,β-unsaturated/α-hetero) is 1. The summed E-state index contributed by atoms with van der Waals surface area (Å²) < 4.78 is 33.1. The summed E-state index contributed by atoms with van der Waals surface area (Å²) in [6, 6.07) is 79.8. The van der Waals surface area contributed by atoms with Gasteiger partial charge in [0, 0.05) is 96.4 Å². The van der Waals surface area contributed by atoms with Crippen molar-refractivity contribution < 1.29 is 106 Å². The maximum absolute atomic E-state index is 12.8. The topological polar surface area (TPSA) is 392 Å². The molecular weight excluding hydrogens is 1700 g/mol. The fourth-order valence-electron chi connectivity index (χ4n) is 16.9. The van der Waals surface area contributed by atoms with Crippen LogP contribution in [0, 0.1) is 0 Å². The summed E-state index contributed by atoms with van der Waals surface area (Å²) in [6.45, 7) is 18.0. The minimum atomic E-state index is -1.28. The van der Waals surface area contributed by atoms with Crippen LogP contribution in [0.5, 0.6) is 0 Å². The van der Waals surface area contributed by atoms with Crippen molar-refractivity contribution in [3.63, 3.8) is 0 Å². The molecule has 5 heterocycles. The summed E-state index contributed by atoms with van der Waals surface area (Å²) in [6.07, 6.45) is 15.7. The number of aliphatic hydroxyl groups is 3. The zero-order valence-corrected chi connectivity index (χ0v) is 80.1. The summed E-state index contributed by atoms with van der Waals surface area (Å²) >= 11 is 0. The minimum Gasteiger partial charge on any atom is -0.793 e. The first-order chi connectivity index (χ1) is 63.3. The first-order valence-corrected chi connectivity index (χ1v) is 45.3. The van der Waals surface area contributed by atoms with Gasteiger partial charge in [0.25, 0.3) is 0 Å². The number of hydrogen-bond acceptors (Lipinski definition) is 27. The van der Waals surface area contributed by atoms with Crippen molar-refractivity contribution >= 4 is 37.8 Å². The van der Waals surface area contributed by atoms with Crippen LogP contribution in [0.4, 0.5) is 4.79 Å². The standard InChI is InChI=1S/C25H27N3O3.2C24H29N3O2.C14H17N3O.C10H12O2.C4H6O4.C2H3BO2.Na/c1-25(2)21(17-9-5-3-6-10-17)28(24(29)31-25)20-15-13-19(14-16-20)23-27-26-22(30-23)18-11-7-4-8-12-18;2*1-24(2,28)21(17-9-5-3-6-10-17)25-20-15-13-19(14-16-20)23-27-26-22(29-23)18-11-7-4-8-12-18;15-12-8-6-11(7-9-12)14-17-16-13(18-14)10-4-2-1-3-5-10;1-10(2,12)9(11)8-6-4-3-5-7-8;1-3(5)7-8-4(2)6;1-2(4)5-3;/h3-12,19-21H,13-16H2,1-2H3;2*3-12,19-21,25,28H,13-16H2,1-2H3;1-5,11-12H,6-9,15H2;3-7,12H,1-2H3;1-2H3;1H3;/q;;;;;;-1;+1. The molecule has 1 saturated heterocycles. The van der Waals surface area contributed by atoms with Gasteiger partial charge in [-0.3, -0.25) is 14.5 Å². The number of ketones is 1. The van der Waals surface area contributed by atoms with Crippen molar-refractivity contribution in [2.24, 2.45) is 5.73 Å². The number of ether oxygens (including phenoxy) is 1. The second kappa shape index (κ2) is 50.0. The zero-order valence-electron chi connectivity index (χ0n) is 78.1. The molecule has 5 aliphatic rings. The summed E-state index contributed by atoms with van der Waals surface area (Å²) in [7, 11) is 4.32. The Morgan fingerprint density at radius 3 is 0.962 bits per heavy atom. The van der Waals surface area contributed by atoms with Gasteiger partial charge in [0.05, 0.1) is 29.3 Å². The average Bonchev–Trinajstić information content (AvgIpc) is 1.60. The molecule has 1 amide bonds. The molecule has 3 atom stereocenters. The summed E-state index contributed by atoms with van der Waals surface area (Å²) in [4.78, 5) is 63.0. The Bertz CT molecular complexity index is 5290. The molecule has 17 rings (SSSR count). The van der Waals surface area contributed by atoms with Gasteiger partial charge in [0.1, 0.15) is 11.2 Å². The van der Waals surface area contributed by atoms with Gasteiger partial charge in [0.15, 0.2) is 5.78 Å². The second-order valence-corrected chi connectivity index (χ2v) is 36.0. The van der Waals surface area contributed by atoms with Crippen LogP contribution < -0.4 is 45.9 Å². The Morgan fingerprint density at radius 2 is 0.684 bits per heavy atom. The van der Waals surface area contributed by atoms with E-state index in [1.807, 2.05) is 228 Å². The smallest absolute Gasteiger partial charge is 0.793 e. The predicted molar refractivity (Wildman–Crippen MR) is 500 cm³/mol. The Hall–Kier alpha value is -11.5. The third-order valence-corrected chi connectivity index (χ3v) is 23.7. The molecular formula is C103H123BN12NaO16. The van der Waals surface area contributed by atoms with E-state index in [1.165, 1.54) is 20.8 Å². The molecule has 30 heteroatoms. The first kappa shape index (κ1) is 104. The number of aromatic nitrogens is 8. The van der Waals surface area contributed by atoms with Crippen LogP contribution in [0.25, 0.3) is 45.8 Å². The van der Waals surface area contributed by atoms with Crippen LogP contribution in [0.1, 0.15) is 271 Å². The maximum atomic E-state index is 12.8. The summed E-state index contributed by atoms with van der Waals surface area (Å²) in [5, 5.41) is 72.2. The largest absolute Gasteiger partial charge is 1.00 e. The number of nitrogens with one attached hydrogen (secondary N) is 2. The fraction of sp³-hybridized carbons (Fsp3) is 0.408.